The van der Waals surface area contributed by atoms with E-state index in [9.17, 15) is 23.1 Å². The lowest BCUT2D eigenvalue weighted by Gasteiger charge is -2.47. The summed E-state index contributed by atoms with van der Waals surface area (Å²) in [6, 6.07) is 6.62. The van der Waals surface area contributed by atoms with Crippen LogP contribution >= 0.6 is 22.6 Å². The predicted octanol–water partition coefficient (Wildman–Crippen LogP) is 4.22. The van der Waals surface area contributed by atoms with E-state index in [0.29, 0.717) is 9.99 Å². The normalized spacial score (nSPS) is 15.3. The maximum Gasteiger partial charge on any atom is 0.254 e. The fourth-order valence-electron chi connectivity index (χ4n) is 3.84. The summed E-state index contributed by atoms with van der Waals surface area (Å²) in [6.45, 7) is 1.21. The van der Waals surface area contributed by atoms with Gasteiger partial charge >= 0.3 is 0 Å². The van der Waals surface area contributed by atoms with Gasteiger partial charge in [-0.05, 0) is 92.3 Å². The van der Waals surface area contributed by atoms with Gasteiger partial charge in [0.2, 0.25) is 0 Å². The summed E-state index contributed by atoms with van der Waals surface area (Å²) in [4.78, 5) is 16.5. The van der Waals surface area contributed by atoms with Crippen molar-refractivity contribution in [3.8, 4) is 0 Å². The zero-order valence-corrected chi connectivity index (χ0v) is 19.8. The third-order valence-corrected chi connectivity index (χ3v) is 6.23. The molecular formula is C23H26F3IN2O2. The zero-order chi connectivity index (χ0) is 22.8. The molecule has 31 heavy (non-hydrogen) atoms. The van der Waals surface area contributed by atoms with E-state index in [1.807, 2.05) is 36.7 Å². The molecule has 2 aromatic rings. The minimum Gasteiger partial charge on any atom is -0.386 e. The van der Waals surface area contributed by atoms with Crippen LogP contribution in [0, 0.1) is 21.0 Å². The van der Waals surface area contributed by atoms with Gasteiger partial charge in [-0.1, -0.05) is 6.07 Å². The molecule has 0 unspecified atom stereocenters. The van der Waals surface area contributed by atoms with E-state index >= 15 is 0 Å². The highest BCUT2D eigenvalue weighted by atomic mass is 127. The molecule has 4 nitrogen and oxygen atoms in total. The van der Waals surface area contributed by atoms with Crippen LogP contribution in [0.3, 0.4) is 0 Å². The van der Waals surface area contributed by atoms with Gasteiger partial charge in [0.15, 0.2) is 11.6 Å². The van der Waals surface area contributed by atoms with Crippen LogP contribution in [0.25, 0.3) is 0 Å². The maximum absolute atomic E-state index is 14.6. The number of hydrogen-bond donors (Lipinski definition) is 1. The Labute approximate surface area is 194 Å². The number of carbonyl (C=O) groups is 1. The van der Waals surface area contributed by atoms with Crippen molar-refractivity contribution in [3.63, 3.8) is 0 Å². The van der Waals surface area contributed by atoms with E-state index in [4.69, 9.17) is 0 Å². The first-order chi connectivity index (χ1) is 14.6. The lowest BCUT2D eigenvalue weighted by atomic mass is 9.87. The van der Waals surface area contributed by atoms with Crippen LogP contribution < -0.4 is 0 Å². The maximum atomic E-state index is 14.6. The average Bonchev–Trinajstić information content (AvgIpc) is 2.68. The molecule has 1 amide bonds. The molecule has 0 spiro atoms. The molecule has 2 aromatic carbocycles. The quantitative estimate of drug-likeness (QED) is 0.399. The van der Waals surface area contributed by atoms with Crippen LogP contribution in [0.4, 0.5) is 13.2 Å². The molecule has 1 fully saturated rings. The highest BCUT2D eigenvalue weighted by molar-refractivity contribution is 14.1. The molecular weight excluding hydrogens is 520 g/mol. The van der Waals surface area contributed by atoms with Gasteiger partial charge in [-0.15, -0.1) is 0 Å². The number of halogens is 4. The Morgan fingerprint density at radius 2 is 1.84 bits per heavy atom. The molecule has 0 aromatic heterocycles. The van der Waals surface area contributed by atoms with Crippen molar-refractivity contribution in [2.75, 3.05) is 33.7 Å². The van der Waals surface area contributed by atoms with Crippen molar-refractivity contribution in [1.29, 1.82) is 0 Å². The Morgan fingerprint density at radius 3 is 2.48 bits per heavy atom. The van der Waals surface area contributed by atoms with Gasteiger partial charge in [0.1, 0.15) is 5.82 Å². The van der Waals surface area contributed by atoms with Crippen LogP contribution in [0.5, 0.6) is 0 Å². The minimum atomic E-state index is -1.15. The van der Waals surface area contributed by atoms with Gasteiger partial charge in [0.25, 0.3) is 5.91 Å². The molecule has 0 radical (unpaired) electrons. The Kier molecular flexibility index (Phi) is 7.64. The van der Waals surface area contributed by atoms with Crippen LogP contribution in [-0.2, 0) is 6.42 Å². The molecule has 1 heterocycles. The Balaban J connectivity index is 1.73. The third kappa shape index (κ3) is 5.78. The number of amides is 1. The summed E-state index contributed by atoms with van der Waals surface area (Å²) in [6.07, 6.45) is 2.11. The lowest BCUT2D eigenvalue weighted by molar-refractivity contribution is -0.0870. The van der Waals surface area contributed by atoms with Gasteiger partial charge in [-0.2, -0.15) is 0 Å². The van der Waals surface area contributed by atoms with Crippen LogP contribution in [0.1, 0.15) is 40.7 Å². The molecule has 1 saturated heterocycles. The fourth-order valence-corrected chi connectivity index (χ4v) is 4.29. The topological polar surface area (TPSA) is 43.8 Å². The number of carbonyl (C=O) groups excluding carboxylic acids is 1. The van der Waals surface area contributed by atoms with Gasteiger partial charge in [0.05, 0.1) is 18.7 Å². The second-order valence-corrected chi connectivity index (χ2v) is 9.69. The van der Waals surface area contributed by atoms with E-state index in [0.717, 1.165) is 25.5 Å². The predicted molar refractivity (Wildman–Crippen MR) is 122 cm³/mol. The molecule has 168 valence electrons. The molecule has 0 aliphatic carbocycles. The first-order valence-electron chi connectivity index (χ1n) is 10.2. The van der Waals surface area contributed by atoms with Crippen LogP contribution in [0.2, 0.25) is 0 Å². The number of hydrogen-bond acceptors (Lipinski definition) is 3. The Hall–Kier alpha value is -1.65. The third-order valence-electron chi connectivity index (χ3n) is 5.56. The summed E-state index contributed by atoms with van der Waals surface area (Å²) < 4.78 is 43.5. The summed E-state index contributed by atoms with van der Waals surface area (Å²) >= 11 is 1.96. The number of nitrogens with zero attached hydrogens (tertiary/aromatic N) is 2. The summed E-state index contributed by atoms with van der Waals surface area (Å²) in [5, 5.41) is 10.6. The van der Waals surface area contributed by atoms with Gasteiger partial charge in [0, 0.05) is 21.1 Å². The minimum absolute atomic E-state index is 0.00786. The largest absolute Gasteiger partial charge is 0.386 e. The van der Waals surface area contributed by atoms with Gasteiger partial charge < -0.3 is 14.9 Å². The number of rotatable bonds is 8. The molecule has 0 bridgehead atoms. The zero-order valence-electron chi connectivity index (χ0n) is 17.6. The number of benzene rings is 2. The molecule has 1 aliphatic heterocycles. The van der Waals surface area contributed by atoms with Crippen molar-refractivity contribution in [3.05, 3.63) is 68.0 Å². The molecule has 8 heteroatoms. The van der Waals surface area contributed by atoms with E-state index < -0.39 is 29.0 Å². The van der Waals surface area contributed by atoms with Crippen molar-refractivity contribution >= 4 is 28.5 Å². The summed E-state index contributed by atoms with van der Waals surface area (Å²) in [5.41, 5.74) is -0.957. The average molecular weight is 546 g/mol. The standard InChI is InChI=1S/C23H26F3IN2O2/c1-28(2)10-4-3-9-23(31)13-29(14-23)22(30)17-7-8-19(24)21(26)18(17)11-15-5-6-16(27)12-20(15)25/h5-8,12,31H,3-4,9-11,13-14H2,1-2H3. The van der Waals surface area contributed by atoms with E-state index in [1.54, 1.807) is 6.07 Å². The monoisotopic (exact) mass is 546 g/mol. The first-order valence-corrected chi connectivity index (χ1v) is 11.2. The highest BCUT2D eigenvalue weighted by Gasteiger charge is 2.43. The van der Waals surface area contributed by atoms with E-state index in [2.05, 4.69) is 4.90 Å². The van der Waals surface area contributed by atoms with Crippen molar-refractivity contribution in [2.24, 2.45) is 0 Å². The number of β-amino-alcohol motifs (C(OH)–C–C–N with tert-alkyl or cyclic N) is 1. The Morgan fingerprint density at radius 1 is 1.13 bits per heavy atom. The smallest absolute Gasteiger partial charge is 0.254 e. The summed E-state index contributed by atoms with van der Waals surface area (Å²) in [5.74, 6) is -3.26. The fraction of sp³-hybridized carbons (Fsp3) is 0.435. The second kappa shape index (κ2) is 9.87. The van der Waals surface area contributed by atoms with Gasteiger partial charge in [-0.25, -0.2) is 13.2 Å². The SMILES string of the molecule is CN(C)CCCCC1(O)CN(C(=O)c2ccc(F)c(F)c2Cc2ccc(I)cc2F)C1. The van der Waals surface area contributed by atoms with Crippen LogP contribution in [0.15, 0.2) is 30.3 Å². The van der Waals surface area contributed by atoms with Crippen molar-refractivity contribution < 1.29 is 23.1 Å². The second-order valence-electron chi connectivity index (χ2n) is 8.45. The molecule has 3 rings (SSSR count). The van der Waals surface area contributed by atoms with Crippen LogP contribution in [-0.4, -0.2) is 60.1 Å². The number of likely N-dealkylation sites (tertiary alicyclic amines) is 1. The lowest BCUT2D eigenvalue weighted by Crippen LogP contribution is -2.63. The van der Waals surface area contributed by atoms with Gasteiger partial charge in [-0.3, -0.25) is 4.79 Å². The van der Waals surface area contributed by atoms with Crippen molar-refractivity contribution in [2.45, 2.75) is 31.3 Å². The van der Waals surface area contributed by atoms with E-state index in [1.165, 1.54) is 23.1 Å². The molecule has 1 aliphatic rings. The Bertz CT molecular complexity index is 962. The molecule has 1 N–H and O–H groups in total. The highest BCUT2D eigenvalue weighted by Crippen LogP contribution is 2.30. The molecule has 0 atom stereocenters. The number of aliphatic hydroxyl groups is 1. The number of unbranched alkanes of at least 4 members (excludes halogenated alkanes) is 1. The first kappa shape index (κ1) is 24.0. The van der Waals surface area contributed by atoms with E-state index in [-0.39, 0.29) is 36.2 Å². The summed E-state index contributed by atoms with van der Waals surface area (Å²) in [7, 11) is 3.97. The molecule has 0 saturated carbocycles. The van der Waals surface area contributed by atoms with Crippen molar-refractivity contribution in [1.82, 2.24) is 9.80 Å².